The minimum atomic E-state index is -5.25. The van der Waals surface area contributed by atoms with Crippen molar-refractivity contribution in [2.75, 3.05) is 0 Å². The van der Waals surface area contributed by atoms with Gasteiger partial charge in [0.25, 0.3) is 0 Å². The van der Waals surface area contributed by atoms with Gasteiger partial charge in [-0.05, 0) is 0 Å². The molecule has 0 saturated heterocycles. The minimum absolute atomic E-state index is 0. The summed E-state index contributed by atoms with van der Waals surface area (Å²) in [6.45, 7) is 0. The molecule has 7 heteroatoms. The fourth-order valence-electron chi connectivity index (χ4n) is 0. The molecule has 0 rings (SSSR count). The monoisotopic (exact) mass is 206 g/mol. The van der Waals surface area contributed by atoms with Crippen LogP contribution in [0.4, 0.5) is 0 Å². The molecule has 1 atom stereocenters. The molecule has 0 aliphatic heterocycles. The molecule has 7 heavy (non-hydrogen) atoms. The van der Waals surface area contributed by atoms with Crippen LogP contribution in [0, 0.1) is 0 Å². The second-order valence-corrected chi connectivity index (χ2v) is 2.33. The molecule has 1 unspecified atom stereocenters. The van der Waals surface area contributed by atoms with Crippen molar-refractivity contribution >= 4 is 46.3 Å². The molecule has 44 valence electrons. The van der Waals surface area contributed by atoms with Gasteiger partial charge in [-0.2, -0.15) is 9.90 Å². The Morgan fingerprint density at radius 2 is 1.14 bits per heavy atom. The second kappa shape index (κ2) is 5.37. The van der Waals surface area contributed by atoms with Crippen LogP contribution in [0.1, 0.15) is 0 Å². The molecular weight excluding hydrogens is 198 g/mol. The smallest absolute Gasteiger partial charge is 0.153 e. The van der Waals surface area contributed by atoms with Crippen LogP contribution in [0.15, 0.2) is 0 Å². The van der Waals surface area contributed by atoms with Crippen LogP contribution in [-0.2, 0) is 7.67 Å². The largest absolute Gasteiger partial charge is 0.316 e. The Hall–Kier alpha value is 1.24. The molecule has 0 heterocycles. The standard InChI is InChI=1S/Mg.H2O4Se.H3P.2H/c;1-5(2,3)4;;;/h;(H2,1,2,3,4);1H3;;. The van der Waals surface area contributed by atoms with E-state index >= 15 is 0 Å². The van der Waals surface area contributed by atoms with E-state index in [1.165, 1.54) is 0 Å². The summed E-state index contributed by atoms with van der Waals surface area (Å²) in [6.07, 6.45) is 0. The summed E-state index contributed by atoms with van der Waals surface area (Å²) in [5.41, 5.74) is 0. The van der Waals surface area contributed by atoms with Crippen LogP contribution < -0.4 is 0 Å². The van der Waals surface area contributed by atoms with Gasteiger partial charge in [0, 0.05) is 0 Å². The van der Waals surface area contributed by atoms with Gasteiger partial charge in [0.05, 0.1) is 0 Å². The summed E-state index contributed by atoms with van der Waals surface area (Å²) < 4.78 is 31.9. The van der Waals surface area contributed by atoms with Crippen molar-refractivity contribution in [1.29, 1.82) is 0 Å². The van der Waals surface area contributed by atoms with Crippen LogP contribution in [0.25, 0.3) is 0 Å². The SMILES string of the molecule is O=[Se](=O)(O)O.P.[MgH2]. The Bertz CT molecular complexity index is 94.9. The van der Waals surface area contributed by atoms with Gasteiger partial charge in [-0.1, -0.05) is 0 Å². The van der Waals surface area contributed by atoms with Gasteiger partial charge in [-0.25, -0.2) is 0 Å². The molecular formula is H7MgO4PSe. The topological polar surface area (TPSA) is 74.6 Å². The van der Waals surface area contributed by atoms with Crippen molar-refractivity contribution in [1.82, 2.24) is 0 Å². The minimum Gasteiger partial charge on any atom is -0.153 e. The fourth-order valence-corrected chi connectivity index (χ4v) is 0. The van der Waals surface area contributed by atoms with Crippen LogP contribution in [0.2, 0.25) is 0 Å². The van der Waals surface area contributed by atoms with E-state index in [2.05, 4.69) is 0 Å². The van der Waals surface area contributed by atoms with Gasteiger partial charge in [-0.3, -0.25) is 0 Å². The third kappa shape index (κ3) is 130. The average molecular weight is 205 g/mol. The molecule has 0 spiro atoms. The zero-order chi connectivity index (χ0) is 4.50. The van der Waals surface area contributed by atoms with Crippen molar-refractivity contribution in [2.24, 2.45) is 0 Å². The van der Waals surface area contributed by atoms with Crippen LogP contribution in [0.3, 0.4) is 0 Å². The Morgan fingerprint density at radius 1 is 1.14 bits per heavy atom. The van der Waals surface area contributed by atoms with E-state index in [4.69, 9.17) is 16.0 Å². The molecule has 0 saturated carbocycles. The van der Waals surface area contributed by atoms with Crippen LogP contribution >= 0.6 is 9.90 Å². The number of rotatable bonds is 0. The predicted molar refractivity (Wildman–Crippen MR) is 31.2 cm³/mol. The van der Waals surface area contributed by atoms with Crippen LogP contribution in [0.5, 0.6) is 0 Å². The summed E-state index contributed by atoms with van der Waals surface area (Å²) >= 11 is -5.25. The van der Waals surface area contributed by atoms with E-state index in [-0.39, 0.29) is 33.0 Å². The van der Waals surface area contributed by atoms with E-state index in [1.807, 2.05) is 0 Å². The molecule has 0 aliphatic rings. The molecule has 4 nitrogen and oxygen atoms in total. The number of hydrogen-bond donors (Lipinski definition) is 2. The molecule has 0 radical (unpaired) electrons. The van der Waals surface area contributed by atoms with Crippen LogP contribution in [-0.4, -0.2) is 44.8 Å². The first-order chi connectivity index (χ1) is 2.00. The van der Waals surface area contributed by atoms with Gasteiger partial charge >= 0.3 is 52.5 Å². The first-order valence-electron chi connectivity index (χ1n) is 0.698. The molecule has 0 aromatic heterocycles. The Labute approximate surface area is 62.3 Å². The quantitative estimate of drug-likeness (QED) is 0.336. The van der Waals surface area contributed by atoms with Gasteiger partial charge in [0.15, 0.2) is 0 Å². The maximum absolute atomic E-state index is 8.82. The first-order valence-corrected chi connectivity index (χ1v) is 3.63. The molecule has 0 aromatic rings. The molecule has 0 aliphatic carbocycles. The van der Waals surface area contributed by atoms with Crippen molar-refractivity contribution in [2.45, 2.75) is 0 Å². The molecule has 0 fully saturated rings. The zero-order valence-electron chi connectivity index (χ0n) is 2.83. The summed E-state index contributed by atoms with van der Waals surface area (Å²) in [4.78, 5) is 0. The van der Waals surface area contributed by atoms with Crippen molar-refractivity contribution in [3.8, 4) is 0 Å². The molecule has 2 N–H and O–H groups in total. The van der Waals surface area contributed by atoms with E-state index in [0.717, 1.165) is 0 Å². The number of hydrogen-bond acceptors (Lipinski definition) is 2. The Kier molecular flexibility index (Phi) is 12.1. The van der Waals surface area contributed by atoms with E-state index < -0.39 is 13.4 Å². The second-order valence-electron chi connectivity index (χ2n) is 0.448. The van der Waals surface area contributed by atoms with Gasteiger partial charge < -0.3 is 0 Å². The van der Waals surface area contributed by atoms with E-state index in [9.17, 15) is 0 Å². The van der Waals surface area contributed by atoms with Gasteiger partial charge in [-0.15, -0.1) is 0 Å². The van der Waals surface area contributed by atoms with Gasteiger partial charge in [0.2, 0.25) is 0 Å². The van der Waals surface area contributed by atoms with Gasteiger partial charge in [0.1, 0.15) is 0 Å². The van der Waals surface area contributed by atoms with Crippen molar-refractivity contribution in [3.63, 3.8) is 0 Å². The molecule has 0 amide bonds. The van der Waals surface area contributed by atoms with Crippen molar-refractivity contribution < 1.29 is 16.0 Å². The molecule has 0 aromatic carbocycles. The fraction of sp³-hybridized carbons (Fsp3) is 0. The third-order valence-corrected chi connectivity index (χ3v) is 0. The Morgan fingerprint density at radius 3 is 1.14 bits per heavy atom. The zero-order valence-corrected chi connectivity index (χ0v) is 5.95. The normalized spacial score (nSPS) is 8.29. The maximum atomic E-state index is 8.82. The molecule has 0 bridgehead atoms. The first kappa shape index (κ1) is 15.7. The summed E-state index contributed by atoms with van der Waals surface area (Å²) in [5, 5.41) is 0. The maximum Gasteiger partial charge on any atom is 0.316 e. The van der Waals surface area contributed by atoms with E-state index in [0.29, 0.717) is 0 Å². The van der Waals surface area contributed by atoms with Crippen molar-refractivity contribution in [3.05, 3.63) is 0 Å². The summed E-state index contributed by atoms with van der Waals surface area (Å²) in [6, 6.07) is 0. The summed E-state index contributed by atoms with van der Waals surface area (Å²) in [7, 11) is 0. The third-order valence-electron chi connectivity index (χ3n) is 0. The predicted octanol–water partition coefficient (Wildman–Crippen LogP) is -2.59. The average Bonchev–Trinajstić information content (AvgIpc) is 0.722. The Balaban J connectivity index is -0.0000000800. The summed E-state index contributed by atoms with van der Waals surface area (Å²) in [5.74, 6) is 0. The van der Waals surface area contributed by atoms with E-state index in [1.54, 1.807) is 0 Å².